The number of aromatic nitrogens is 3. The summed E-state index contributed by atoms with van der Waals surface area (Å²) in [5.74, 6) is 0.637. The van der Waals surface area contributed by atoms with Crippen LogP contribution in [0.4, 0.5) is 5.69 Å². The Bertz CT molecular complexity index is 501. The lowest BCUT2D eigenvalue weighted by Gasteiger charge is -1.98. The topological polar surface area (TPSA) is 110 Å². The lowest BCUT2D eigenvalue weighted by Crippen LogP contribution is -2.23. The SMILES string of the molecule is Cc1nc(CNC(=O)c2cc(N)c[nH]2)no1. The summed E-state index contributed by atoms with van der Waals surface area (Å²) in [6.45, 7) is 1.90. The number of nitrogens with zero attached hydrogens (tertiary/aromatic N) is 2. The number of hydrogen-bond acceptors (Lipinski definition) is 5. The Morgan fingerprint density at radius 1 is 1.69 bits per heavy atom. The van der Waals surface area contributed by atoms with Gasteiger partial charge >= 0.3 is 0 Å². The van der Waals surface area contributed by atoms with Crippen molar-refractivity contribution in [3.63, 3.8) is 0 Å². The summed E-state index contributed by atoms with van der Waals surface area (Å²) in [5, 5.41) is 6.28. The van der Waals surface area contributed by atoms with Crippen molar-refractivity contribution in [3.05, 3.63) is 29.7 Å². The van der Waals surface area contributed by atoms with E-state index in [9.17, 15) is 4.79 Å². The van der Waals surface area contributed by atoms with Crippen molar-refractivity contribution in [2.45, 2.75) is 13.5 Å². The number of nitrogens with one attached hydrogen (secondary N) is 2. The second-order valence-corrected chi connectivity index (χ2v) is 3.26. The van der Waals surface area contributed by atoms with E-state index in [1.807, 2.05) is 0 Å². The fourth-order valence-electron chi connectivity index (χ4n) is 1.21. The van der Waals surface area contributed by atoms with Crippen molar-refractivity contribution in [1.29, 1.82) is 0 Å². The molecule has 0 aliphatic carbocycles. The van der Waals surface area contributed by atoms with Crippen molar-refractivity contribution < 1.29 is 9.32 Å². The molecule has 7 heteroatoms. The number of nitrogens with two attached hydrogens (primary N) is 1. The molecule has 4 N–H and O–H groups in total. The quantitative estimate of drug-likeness (QED) is 0.686. The van der Waals surface area contributed by atoms with E-state index in [1.165, 1.54) is 0 Å². The van der Waals surface area contributed by atoms with Gasteiger partial charge < -0.3 is 20.6 Å². The van der Waals surface area contributed by atoms with E-state index in [4.69, 9.17) is 10.3 Å². The standard InChI is InChI=1S/C9H11N5O2/c1-5-13-8(14-16-5)4-12-9(15)7-2-6(10)3-11-7/h2-3,11H,4,10H2,1H3,(H,12,15). The van der Waals surface area contributed by atoms with Crippen molar-refractivity contribution in [2.75, 3.05) is 5.73 Å². The Labute approximate surface area is 91.0 Å². The number of aromatic amines is 1. The van der Waals surface area contributed by atoms with Gasteiger partial charge in [-0.2, -0.15) is 4.98 Å². The monoisotopic (exact) mass is 221 g/mol. The summed E-state index contributed by atoms with van der Waals surface area (Å²) < 4.78 is 4.77. The van der Waals surface area contributed by atoms with E-state index in [0.29, 0.717) is 23.1 Å². The first-order valence-electron chi connectivity index (χ1n) is 4.66. The second-order valence-electron chi connectivity index (χ2n) is 3.26. The normalized spacial score (nSPS) is 10.3. The van der Waals surface area contributed by atoms with E-state index >= 15 is 0 Å². The van der Waals surface area contributed by atoms with Gasteiger partial charge in [0.1, 0.15) is 5.69 Å². The molecule has 0 fully saturated rings. The Kier molecular flexibility index (Phi) is 2.59. The van der Waals surface area contributed by atoms with Crippen LogP contribution in [-0.2, 0) is 6.54 Å². The van der Waals surface area contributed by atoms with Gasteiger partial charge in [0.15, 0.2) is 5.82 Å². The average molecular weight is 221 g/mol. The first-order chi connectivity index (χ1) is 7.65. The molecule has 7 nitrogen and oxygen atoms in total. The molecular formula is C9H11N5O2. The van der Waals surface area contributed by atoms with Crippen LogP contribution in [-0.4, -0.2) is 21.0 Å². The minimum Gasteiger partial charge on any atom is -0.397 e. The van der Waals surface area contributed by atoms with Crippen LogP contribution in [0, 0.1) is 6.92 Å². The summed E-state index contributed by atoms with van der Waals surface area (Å²) in [4.78, 5) is 18.3. The zero-order chi connectivity index (χ0) is 11.5. The number of carbonyl (C=O) groups excluding carboxylic acids is 1. The van der Waals surface area contributed by atoms with Gasteiger partial charge in [-0.3, -0.25) is 4.79 Å². The van der Waals surface area contributed by atoms with Crippen molar-refractivity contribution in [3.8, 4) is 0 Å². The van der Waals surface area contributed by atoms with E-state index in [-0.39, 0.29) is 12.5 Å². The summed E-state index contributed by atoms with van der Waals surface area (Å²) in [6, 6.07) is 1.55. The summed E-state index contributed by atoms with van der Waals surface area (Å²) in [6.07, 6.45) is 1.55. The molecule has 2 aromatic rings. The number of amides is 1. The zero-order valence-corrected chi connectivity index (χ0v) is 8.65. The number of nitrogen functional groups attached to an aromatic ring is 1. The molecule has 2 rings (SSSR count). The summed E-state index contributed by atoms with van der Waals surface area (Å²) in [7, 11) is 0. The predicted molar refractivity (Wildman–Crippen MR) is 55.4 cm³/mol. The highest BCUT2D eigenvalue weighted by molar-refractivity contribution is 5.93. The van der Waals surface area contributed by atoms with E-state index < -0.39 is 0 Å². The molecule has 0 unspecified atom stereocenters. The maximum absolute atomic E-state index is 11.6. The van der Waals surface area contributed by atoms with Crippen LogP contribution < -0.4 is 11.1 Å². The minimum absolute atomic E-state index is 0.217. The third-order valence-corrected chi connectivity index (χ3v) is 1.93. The first-order valence-corrected chi connectivity index (χ1v) is 4.66. The van der Waals surface area contributed by atoms with Gasteiger partial charge in [0.2, 0.25) is 5.89 Å². The number of aryl methyl sites for hydroxylation is 1. The number of hydrogen-bond donors (Lipinski definition) is 3. The van der Waals surface area contributed by atoms with Crippen molar-refractivity contribution in [1.82, 2.24) is 20.4 Å². The zero-order valence-electron chi connectivity index (χ0n) is 8.65. The number of anilines is 1. The van der Waals surface area contributed by atoms with Crippen LogP contribution in [0.1, 0.15) is 22.2 Å². The highest BCUT2D eigenvalue weighted by Gasteiger charge is 2.09. The third-order valence-electron chi connectivity index (χ3n) is 1.93. The molecule has 0 aromatic carbocycles. The molecule has 0 radical (unpaired) electrons. The molecule has 0 bridgehead atoms. The molecule has 84 valence electrons. The fourth-order valence-corrected chi connectivity index (χ4v) is 1.21. The van der Waals surface area contributed by atoms with Gasteiger partial charge in [0, 0.05) is 18.8 Å². The molecule has 16 heavy (non-hydrogen) atoms. The van der Waals surface area contributed by atoms with Crippen LogP contribution in [0.2, 0.25) is 0 Å². The highest BCUT2D eigenvalue weighted by atomic mass is 16.5. The molecule has 0 aliphatic heterocycles. The van der Waals surface area contributed by atoms with Gasteiger partial charge in [0.25, 0.3) is 5.91 Å². The van der Waals surface area contributed by atoms with E-state index in [2.05, 4.69) is 20.4 Å². The number of rotatable bonds is 3. The smallest absolute Gasteiger partial charge is 0.268 e. The maximum Gasteiger partial charge on any atom is 0.268 e. The Hall–Kier alpha value is -2.31. The number of carbonyl (C=O) groups is 1. The Balaban J connectivity index is 1.93. The van der Waals surface area contributed by atoms with Crippen LogP contribution in [0.5, 0.6) is 0 Å². The third kappa shape index (κ3) is 2.19. The lowest BCUT2D eigenvalue weighted by molar-refractivity contribution is 0.0945. The summed E-state index contributed by atoms with van der Waals surface area (Å²) >= 11 is 0. The van der Waals surface area contributed by atoms with Gasteiger partial charge in [-0.15, -0.1) is 0 Å². The molecule has 2 heterocycles. The minimum atomic E-state index is -0.265. The number of H-pyrrole nitrogens is 1. The average Bonchev–Trinajstić information content (AvgIpc) is 2.84. The van der Waals surface area contributed by atoms with Crippen molar-refractivity contribution in [2.24, 2.45) is 0 Å². The predicted octanol–water partition coefficient (Wildman–Crippen LogP) is 0.218. The highest BCUT2D eigenvalue weighted by Crippen LogP contribution is 2.04. The van der Waals surface area contributed by atoms with Gasteiger partial charge in [-0.25, -0.2) is 0 Å². The molecule has 0 atom stereocenters. The van der Waals surface area contributed by atoms with Crippen molar-refractivity contribution >= 4 is 11.6 Å². The maximum atomic E-state index is 11.6. The van der Waals surface area contributed by atoms with Gasteiger partial charge in [-0.1, -0.05) is 5.16 Å². The van der Waals surface area contributed by atoms with E-state index in [0.717, 1.165) is 0 Å². The molecule has 0 saturated carbocycles. The van der Waals surface area contributed by atoms with Crippen LogP contribution in [0.15, 0.2) is 16.8 Å². The first kappa shape index (κ1) is 10.2. The fraction of sp³-hybridized carbons (Fsp3) is 0.222. The summed E-state index contributed by atoms with van der Waals surface area (Å²) in [5.41, 5.74) is 6.39. The molecule has 1 amide bonds. The van der Waals surface area contributed by atoms with Crippen LogP contribution in [0.25, 0.3) is 0 Å². The molecule has 0 saturated heterocycles. The molecule has 0 aliphatic rings. The largest absolute Gasteiger partial charge is 0.397 e. The van der Waals surface area contributed by atoms with E-state index in [1.54, 1.807) is 19.2 Å². The Morgan fingerprint density at radius 3 is 3.06 bits per heavy atom. The Morgan fingerprint density at radius 2 is 2.50 bits per heavy atom. The lowest BCUT2D eigenvalue weighted by atomic mass is 10.4. The van der Waals surface area contributed by atoms with Crippen LogP contribution >= 0.6 is 0 Å². The molecule has 2 aromatic heterocycles. The molecular weight excluding hydrogens is 210 g/mol. The van der Waals surface area contributed by atoms with Crippen LogP contribution in [0.3, 0.4) is 0 Å². The second kappa shape index (κ2) is 4.05. The van der Waals surface area contributed by atoms with Gasteiger partial charge in [-0.05, 0) is 6.07 Å². The van der Waals surface area contributed by atoms with Gasteiger partial charge in [0.05, 0.1) is 6.54 Å². The molecule has 0 spiro atoms.